The molecule has 118 valence electrons. The van der Waals surface area contributed by atoms with Gasteiger partial charge in [0.1, 0.15) is 6.07 Å². The van der Waals surface area contributed by atoms with E-state index in [1.54, 1.807) is 0 Å². The van der Waals surface area contributed by atoms with Crippen LogP contribution >= 0.6 is 11.6 Å². The molecule has 0 saturated heterocycles. The van der Waals surface area contributed by atoms with Crippen LogP contribution in [0, 0.1) is 11.3 Å². The summed E-state index contributed by atoms with van der Waals surface area (Å²) in [4.78, 5) is 14.5. The Morgan fingerprint density at radius 1 is 1.43 bits per heavy atom. The number of rotatable bonds is 3. The Balaban J connectivity index is 2.57. The summed E-state index contributed by atoms with van der Waals surface area (Å²) in [5.74, 6) is -0.890. The van der Waals surface area contributed by atoms with E-state index in [0.29, 0.717) is 12.3 Å². The molecule has 0 saturated carbocycles. The summed E-state index contributed by atoms with van der Waals surface area (Å²) in [6.45, 7) is 0. The first-order chi connectivity index (χ1) is 10.7. The maximum absolute atomic E-state index is 12.6. The molecule has 2 N–H and O–H groups in total. The second-order valence-corrected chi connectivity index (χ2v) is 4.64. The number of halogens is 4. The molecule has 2 heterocycles. The molecule has 0 radical (unpaired) electrons. The lowest BCUT2D eigenvalue weighted by Crippen LogP contribution is -2.09. The van der Waals surface area contributed by atoms with Gasteiger partial charge in [0.05, 0.1) is 28.0 Å². The molecule has 0 aromatic carbocycles. The highest BCUT2D eigenvalue weighted by atomic mass is 35.5. The number of aromatic nitrogens is 3. The zero-order valence-corrected chi connectivity index (χ0v) is 11.9. The summed E-state index contributed by atoms with van der Waals surface area (Å²) < 4.78 is 38.9. The minimum absolute atomic E-state index is 0.0697. The van der Waals surface area contributed by atoms with Crippen molar-refractivity contribution >= 4 is 23.6 Å². The van der Waals surface area contributed by atoms with E-state index < -0.39 is 17.6 Å². The van der Waals surface area contributed by atoms with E-state index in [2.05, 4.69) is 10.1 Å². The lowest BCUT2D eigenvalue weighted by molar-refractivity contribution is -0.137. The van der Waals surface area contributed by atoms with Gasteiger partial charge >= 0.3 is 6.18 Å². The predicted octanol–water partition coefficient (Wildman–Crippen LogP) is 2.31. The minimum atomic E-state index is -4.59. The third-order valence-electron chi connectivity index (χ3n) is 2.68. The van der Waals surface area contributed by atoms with Crippen molar-refractivity contribution in [3.05, 3.63) is 46.4 Å². The van der Waals surface area contributed by atoms with E-state index >= 15 is 0 Å². The lowest BCUT2D eigenvalue weighted by Gasteiger charge is -2.10. The normalized spacial score (nSPS) is 11.6. The zero-order chi connectivity index (χ0) is 17.2. The largest absolute Gasteiger partial charge is 0.417 e. The molecule has 6 nitrogen and oxygen atoms in total. The fourth-order valence-electron chi connectivity index (χ4n) is 1.68. The van der Waals surface area contributed by atoms with Gasteiger partial charge in [0.15, 0.2) is 5.82 Å². The van der Waals surface area contributed by atoms with Gasteiger partial charge in [0.2, 0.25) is 5.91 Å². The summed E-state index contributed by atoms with van der Waals surface area (Å²) in [5.41, 5.74) is 4.14. The smallest absolute Gasteiger partial charge is 0.366 e. The molecule has 0 unspecified atom stereocenters. The van der Waals surface area contributed by atoms with Crippen molar-refractivity contribution in [1.82, 2.24) is 14.8 Å². The van der Waals surface area contributed by atoms with Crippen molar-refractivity contribution in [3.63, 3.8) is 0 Å². The molecule has 0 aliphatic rings. The van der Waals surface area contributed by atoms with Gasteiger partial charge in [0, 0.05) is 12.3 Å². The fourth-order valence-corrected chi connectivity index (χ4v) is 1.92. The molecule has 0 atom stereocenters. The molecule has 0 bridgehead atoms. The summed E-state index contributed by atoms with van der Waals surface area (Å²) in [6, 6.07) is 2.52. The third kappa shape index (κ3) is 3.49. The van der Waals surface area contributed by atoms with Gasteiger partial charge in [-0.3, -0.25) is 4.79 Å². The van der Waals surface area contributed by atoms with Crippen LogP contribution < -0.4 is 5.73 Å². The zero-order valence-electron chi connectivity index (χ0n) is 11.2. The van der Waals surface area contributed by atoms with Gasteiger partial charge in [-0.05, 0) is 12.1 Å². The number of nitriles is 1. The fraction of sp³-hybridized carbons (Fsp3) is 0.0769. The second-order valence-electron chi connectivity index (χ2n) is 4.23. The highest BCUT2D eigenvalue weighted by molar-refractivity contribution is 6.32. The average molecular weight is 342 g/mol. The maximum Gasteiger partial charge on any atom is 0.417 e. The summed E-state index contributed by atoms with van der Waals surface area (Å²) >= 11 is 5.84. The number of carbonyl (C=O) groups excluding carboxylic acids is 1. The van der Waals surface area contributed by atoms with Crippen molar-refractivity contribution in [1.29, 1.82) is 5.26 Å². The molecule has 1 amide bonds. The molecule has 23 heavy (non-hydrogen) atoms. The number of alkyl halides is 3. The van der Waals surface area contributed by atoms with Crippen molar-refractivity contribution in [2.24, 2.45) is 5.73 Å². The Hall–Kier alpha value is -2.86. The molecular weight excluding hydrogens is 335 g/mol. The van der Waals surface area contributed by atoms with E-state index in [1.807, 2.05) is 6.07 Å². The molecule has 2 rings (SSSR count). The van der Waals surface area contributed by atoms with Gasteiger partial charge < -0.3 is 5.73 Å². The topological polar surface area (TPSA) is 97.6 Å². The Morgan fingerprint density at radius 2 is 2.13 bits per heavy atom. The summed E-state index contributed by atoms with van der Waals surface area (Å²) in [5, 5.41) is 12.5. The van der Waals surface area contributed by atoms with Gasteiger partial charge in [-0.15, -0.1) is 0 Å². The number of pyridine rings is 1. The first-order valence-corrected chi connectivity index (χ1v) is 6.30. The van der Waals surface area contributed by atoms with Crippen LogP contribution in [0.1, 0.15) is 16.8 Å². The van der Waals surface area contributed by atoms with Crippen LogP contribution in [-0.4, -0.2) is 20.7 Å². The van der Waals surface area contributed by atoms with Crippen LogP contribution in [0.15, 0.2) is 24.5 Å². The molecule has 0 spiro atoms. The number of nitrogens with two attached hydrogens (primary N) is 1. The van der Waals surface area contributed by atoms with Crippen molar-refractivity contribution in [2.45, 2.75) is 6.18 Å². The average Bonchev–Trinajstić information content (AvgIpc) is 2.86. The molecule has 0 fully saturated rings. The lowest BCUT2D eigenvalue weighted by atomic mass is 10.2. The first kappa shape index (κ1) is 16.5. The quantitative estimate of drug-likeness (QED) is 0.866. The SMILES string of the molecule is N#Cc1cnn(-c2ncc(C(F)(F)F)cc2Cl)c1/C=C/C(N)=O. The number of nitrogens with zero attached hydrogens (tertiary/aromatic N) is 4. The number of primary amides is 1. The van der Waals surface area contributed by atoms with E-state index in [4.69, 9.17) is 22.6 Å². The summed E-state index contributed by atoms with van der Waals surface area (Å²) in [7, 11) is 0. The van der Waals surface area contributed by atoms with Gasteiger partial charge in [-0.1, -0.05) is 11.6 Å². The number of hydrogen-bond donors (Lipinski definition) is 1. The Morgan fingerprint density at radius 3 is 2.65 bits per heavy atom. The number of amides is 1. The van der Waals surface area contributed by atoms with Crippen LogP contribution in [0.3, 0.4) is 0 Å². The monoisotopic (exact) mass is 341 g/mol. The van der Waals surface area contributed by atoms with Crippen molar-refractivity contribution in [2.75, 3.05) is 0 Å². The van der Waals surface area contributed by atoms with E-state index in [1.165, 1.54) is 6.08 Å². The Bertz CT molecular complexity index is 835. The predicted molar refractivity (Wildman–Crippen MR) is 74.3 cm³/mol. The van der Waals surface area contributed by atoms with Crippen LogP contribution in [-0.2, 0) is 11.0 Å². The minimum Gasteiger partial charge on any atom is -0.366 e. The number of carbonyl (C=O) groups is 1. The van der Waals surface area contributed by atoms with E-state index in [9.17, 15) is 18.0 Å². The van der Waals surface area contributed by atoms with Crippen molar-refractivity contribution in [3.8, 4) is 11.9 Å². The van der Waals surface area contributed by atoms with Gasteiger partial charge in [0.25, 0.3) is 0 Å². The second kappa shape index (κ2) is 6.10. The highest BCUT2D eigenvalue weighted by Crippen LogP contribution is 2.32. The first-order valence-electron chi connectivity index (χ1n) is 5.92. The number of hydrogen-bond acceptors (Lipinski definition) is 4. The molecule has 2 aromatic rings. The molecule has 0 aliphatic heterocycles. The van der Waals surface area contributed by atoms with Gasteiger partial charge in [-0.25, -0.2) is 9.67 Å². The summed E-state index contributed by atoms with van der Waals surface area (Å²) in [6.07, 6.45) is -0.658. The Kier molecular flexibility index (Phi) is 4.38. The van der Waals surface area contributed by atoms with Crippen LogP contribution in [0.2, 0.25) is 5.02 Å². The highest BCUT2D eigenvalue weighted by Gasteiger charge is 2.32. The molecule has 10 heteroatoms. The molecular formula is C13H7ClF3N5O. The van der Waals surface area contributed by atoms with Crippen LogP contribution in [0.25, 0.3) is 11.9 Å². The van der Waals surface area contributed by atoms with Crippen LogP contribution in [0.5, 0.6) is 0 Å². The van der Waals surface area contributed by atoms with Crippen molar-refractivity contribution < 1.29 is 18.0 Å². The van der Waals surface area contributed by atoms with Gasteiger partial charge in [-0.2, -0.15) is 23.5 Å². The Labute approximate surface area is 132 Å². The standard InChI is InChI=1S/C13H7ClF3N5O/c14-9-3-8(13(15,16)17)6-20-12(9)22-10(1-2-11(19)23)7(4-18)5-21-22/h1-3,5-6H,(H2,19,23)/b2-1+. The maximum atomic E-state index is 12.6. The van der Waals surface area contributed by atoms with Crippen LogP contribution in [0.4, 0.5) is 13.2 Å². The van der Waals surface area contributed by atoms with E-state index in [-0.39, 0.29) is 22.1 Å². The molecule has 2 aromatic heterocycles. The van der Waals surface area contributed by atoms with E-state index in [0.717, 1.165) is 17.0 Å². The third-order valence-corrected chi connectivity index (χ3v) is 2.96. The molecule has 0 aliphatic carbocycles.